The van der Waals surface area contributed by atoms with E-state index in [1.807, 2.05) is 0 Å². The molecule has 1 rings (SSSR count). The first-order chi connectivity index (χ1) is 6.65. The maximum absolute atomic E-state index is 12.8. The van der Waals surface area contributed by atoms with Crippen molar-refractivity contribution in [2.75, 3.05) is 18.5 Å². The lowest BCUT2D eigenvalue weighted by atomic mass is 10.2. The lowest BCUT2D eigenvalue weighted by molar-refractivity contribution is -0.118. The Bertz CT molecular complexity index is 328. The van der Waals surface area contributed by atoms with Crippen molar-refractivity contribution in [2.24, 2.45) is 5.73 Å². The van der Waals surface area contributed by atoms with Crippen LogP contribution >= 0.6 is 0 Å². The molecule has 2 N–H and O–H groups in total. The number of rotatable bonds is 3. The van der Waals surface area contributed by atoms with Gasteiger partial charge in [0.2, 0.25) is 5.91 Å². The normalized spacial score (nSPS) is 9.93. The summed E-state index contributed by atoms with van der Waals surface area (Å²) in [6, 6.07) is 5.90. The Morgan fingerprint density at radius 3 is 2.86 bits per heavy atom. The Labute approximate surface area is 82.3 Å². The lowest BCUT2D eigenvalue weighted by Crippen LogP contribution is -2.28. The van der Waals surface area contributed by atoms with Gasteiger partial charge in [-0.05, 0) is 18.2 Å². The van der Waals surface area contributed by atoms with E-state index in [9.17, 15) is 9.18 Å². The third kappa shape index (κ3) is 2.53. The van der Waals surface area contributed by atoms with Gasteiger partial charge in [-0.15, -0.1) is 0 Å². The first kappa shape index (κ1) is 10.7. The van der Waals surface area contributed by atoms with Crippen LogP contribution in [0.5, 0.6) is 0 Å². The molecule has 0 aliphatic rings. The third-order valence-electron chi connectivity index (χ3n) is 1.93. The minimum absolute atomic E-state index is 0.113. The molecule has 0 aliphatic carbocycles. The van der Waals surface area contributed by atoms with E-state index >= 15 is 0 Å². The molecule has 0 fully saturated rings. The van der Waals surface area contributed by atoms with Crippen molar-refractivity contribution in [1.29, 1.82) is 0 Å². The Morgan fingerprint density at radius 2 is 2.29 bits per heavy atom. The van der Waals surface area contributed by atoms with Crippen LogP contribution in [0.2, 0.25) is 0 Å². The molecular formula is C10H13FN2O. The summed E-state index contributed by atoms with van der Waals surface area (Å²) in [5.41, 5.74) is 5.80. The Kier molecular flexibility index (Phi) is 3.59. The van der Waals surface area contributed by atoms with Gasteiger partial charge < -0.3 is 10.6 Å². The molecule has 3 nitrogen and oxygen atoms in total. The van der Waals surface area contributed by atoms with Gasteiger partial charge in [0.1, 0.15) is 5.82 Å². The van der Waals surface area contributed by atoms with E-state index in [4.69, 9.17) is 5.73 Å². The van der Waals surface area contributed by atoms with Crippen LogP contribution in [0.15, 0.2) is 24.3 Å². The first-order valence-electron chi connectivity index (χ1n) is 4.37. The second-order valence-corrected chi connectivity index (χ2v) is 2.97. The summed E-state index contributed by atoms with van der Waals surface area (Å²) in [4.78, 5) is 12.8. The monoisotopic (exact) mass is 196 g/mol. The summed E-state index contributed by atoms with van der Waals surface area (Å²) < 4.78 is 12.8. The van der Waals surface area contributed by atoms with Gasteiger partial charge in [-0.1, -0.05) is 6.07 Å². The number of nitrogens with two attached hydrogens (primary N) is 1. The number of nitrogens with zero attached hydrogens (tertiary/aromatic N) is 1. The predicted molar refractivity (Wildman–Crippen MR) is 53.5 cm³/mol. The minimum atomic E-state index is -0.352. The van der Waals surface area contributed by atoms with Crippen LogP contribution in [0.25, 0.3) is 0 Å². The van der Waals surface area contributed by atoms with Crippen molar-refractivity contribution >= 4 is 11.6 Å². The lowest BCUT2D eigenvalue weighted by Gasteiger charge is -2.16. The molecule has 1 amide bonds. The summed E-state index contributed by atoms with van der Waals surface area (Å²) in [6.45, 7) is 0.304. The number of benzene rings is 1. The summed E-state index contributed by atoms with van der Waals surface area (Å²) in [6.07, 6.45) is 0.271. The van der Waals surface area contributed by atoms with E-state index in [1.54, 1.807) is 19.2 Å². The quantitative estimate of drug-likeness (QED) is 0.787. The topological polar surface area (TPSA) is 46.3 Å². The number of carbonyl (C=O) groups is 1. The van der Waals surface area contributed by atoms with Gasteiger partial charge in [-0.25, -0.2) is 4.39 Å². The Hall–Kier alpha value is -1.42. The van der Waals surface area contributed by atoms with Gasteiger partial charge >= 0.3 is 0 Å². The van der Waals surface area contributed by atoms with E-state index in [2.05, 4.69) is 0 Å². The molecule has 1 aromatic rings. The molecule has 0 aliphatic heterocycles. The molecule has 0 saturated carbocycles. The van der Waals surface area contributed by atoms with E-state index in [0.29, 0.717) is 12.2 Å². The first-order valence-corrected chi connectivity index (χ1v) is 4.37. The Balaban J connectivity index is 2.78. The second-order valence-electron chi connectivity index (χ2n) is 2.97. The average Bonchev–Trinajstić information content (AvgIpc) is 2.17. The van der Waals surface area contributed by atoms with Crippen LogP contribution in [0, 0.1) is 5.82 Å². The number of halogens is 1. The number of hydrogen-bond acceptors (Lipinski definition) is 2. The number of anilines is 1. The van der Waals surface area contributed by atoms with Gasteiger partial charge in [0, 0.05) is 25.7 Å². The molecular weight excluding hydrogens is 183 g/mol. The largest absolute Gasteiger partial charge is 0.330 e. The van der Waals surface area contributed by atoms with Crippen LogP contribution in [0.4, 0.5) is 10.1 Å². The van der Waals surface area contributed by atoms with Crippen molar-refractivity contribution < 1.29 is 9.18 Å². The number of hydrogen-bond donors (Lipinski definition) is 1. The molecule has 0 heterocycles. The second kappa shape index (κ2) is 4.72. The highest BCUT2D eigenvalue weighted by molar-refractivity contribution is 5.92. The standard InChI is InChI=1S/C10H13FN2O/c1-13(10(14)5-6-12)9-4-2-3-8(11)7-9/h2-4,7H,5-6,12H2,1H3. The Morgan fingerprint density at radius 1 is 1.57 bits per heavy atom. The fourth-order valence-electron chi connectivity index (χ4n) is 1.12. The van der Waals surface area contributed by atoms with Crippen molar-refractivity contribution in [3.63, 3.8) is 0 Å². The predicted octanol–water partition coefficient (Wildman–Crippen LogP) is 1.14. The molecule has 76 valence electrons. The molecule has 0 radical (unpaired) electrons. The molecule has 0 atom stereocenters. The molecule has 0 unspecified atom stereocenters. The maximum atomic E-state index is 12.8. The number of carbonyl (C=O) groups excluding carboxylic acids is 1. The fourth-order valence-corrected chi connectivity index (χ4v) is 1.12. The molecule has 0 bridgehead atoms. The van der Waals surface area contributed by atoms with Crippen LogP contribution in [0.3, 0.4) is 0 Å². The molecule has 14 heavy (non-hydrogen) atoms. The van der Waals surface area contributed by atoms with E-state index in [0.717, 1.165) is 0 Å². The maximum Gasteiger partial charge on any atom is 0.227 e. The van der Waals surface area contributed by atoms with Crippen LogP contribution in [-0.4, -0.2) is 19.5 Å². The average molecular weight is 196 g/mol. The van der Waals surface area contributed by atoms with Gasteiger partial charge in [0.25, 0.3) is 0 Å². The van der Waals surface area contributed by atoms with E-state index in [1.165, 1.54) is 17.0 Å². The van der Waals surface area contributed by atoms with Crippen LogP contribution in [-0.2, 0) is 4.79 Å². The fraction of sp³-hybridized carbons (Fsp3) is 0.300. The van der Waals surface area contributed by atoms with Crippen molar-refractivity contribution in [2.45, 2.75) is 6.42 Å². The zero-order valence-corrected chi connectivity index (χ0v) is 8.03. The smallest absolute Gasteiger partial charge is 0.227 e. The molecule has 0 aromatic heterocycles. The minimum Gasteiger partial charge on any atom is -0.330 e. The van der Waals surface area contributed by atoms with Crippen molar-refractivity contribution in [3.05, 3.63) is 30.1 Å². The summed E-state index contributed by atoms with van der Waals surface area (Å²) in [5.74, 6) is -0.465. The van der Waals surface area contributed by atoms with Crippen LogP contribution < -0.4 is 10.6 Å². The zero-order valence-electron chi connectivity index (χ0n) is 8.03. The highest BCUT2D eigenvalue weighted by Gasteiger charge is 2.09. The molecule has 4 heteroatoms. The zero-order chi connectivity index (χ0) is 10.6. The highest BCUT2D eigenvalue weighted by atomic mass is 19.1. The van der Waals surface area contributed by atoms with Crippen molar-refractivity contribution in [3.8, 4) is 0 Å². The molecule has 0 saturated heterocycles. The van der Waals surface area contributed by atoms with Gasteiger partial charge in [-0.3, -0.25) is 4.79 Å². The van der Waals surface area contributed by atoms with Gasteiger partial charge in [-0.2, -0.15) is 0 Å². The summed E-state index contributed by atoms with van der Waals surface area (Å²) in [7, 11) is 1.60. The van der Waals surface area contributed by atoms with Crippen molar-refractivity contribution in [1.82, 2.24) is 0 Å². The summed E-state index contributed by atoms with van der Waals surface area (Å²) >= 11 is 0. The molecule has 0 spiro atoms. The highest BCUT2D eigenvalue weighted by Crippen LogP contribution is 2.14. The van der Waals surface area contributed by atoms with Gasteiger partial charge in [0.05, 0.1) is 0 Å². The SMILES string of the molecule is CN(C(=O)CCN)c1cccc(F)c1. The molecule has 1 aromatic carbocycles. The van der Waals surface area contributed by atoms with Gasteiger partial charge in [0.15, 0.2) is 0 Å². The van der Waals surface area contributed by atoms with E-state index < -0.39 is 0 Å². The van der Waals surface area contributed by atoms with E-state index in [-0.39, 0.29) is 18.1 Å². The third-order valence-corrected chi connectivity index (χ3v) is 1.93. The van der Waals surface area contributed by atoms with Crippen LogP contribution in [0.1, 0.15) is 6.42 Å². The number of amides is 1. The summed E-state index contributed by atoms with van der Waals surface area (Å²) in [5, 5.41) is 0.